The fourth-order valence-corrected chi connectivity index (χ4v) is 2.96. The first-order valence-corrected chi connectivity index (χ1v) is 9.50. The predicted molar refractivity (Wildman–Crippen MR) is 95.4 cm³/mol. The van der Waals surface area contributed by atoms with E-state index in [2.05, 4.69) is 27.7 Å². The lowest BCUT2D eigenvalue weighted by Crippen LogP contribution is -2.40. The minimum Gasteiger partial charge on any atom is -0.481 e. The van der Waals surface area contributed by atoms with Crippen LogP contribution in [0.4, 0.5) is 0 Å². The first-order valence-electron chi connectivity index (χ1n) is 9.50. The number of carboxylic acid groups (broad SMARTS) is 1. The molecule has 0 bridgehead atoms. The molecule has 136 valence electrons. The minimum absolute atomic E-state index is 0.0418. The van der Waals surface area contributed by atoms with Gasteiger partial charge in [0.15, 0.2) is 0 Å². The molecular formula is C19H37NO3. The van der Waals surface area contributed by atoms with Crippen LogP contribution in [0.15, 0.2) is 0 Å². The molecule has 23 heavy (non-hydrogen) atoms. The Labute approximate surface area is 142 Å². The molecular weight excluding hydrogens is 290 g/mol. The van der Waals surface area contributed by atoms with E-state index in [1.54, 1.807) is 0 Å². The molecule has 0 rings (SSSR count). The van der Waals surface area contributed by atoms with E-state index in [1.165, 1.54) is 6.42 Å². The first-order chi connectivity index (χ1) is 11.0. The SMILES string of the molecule is CCCCC(CC)CN(CCC(=O)O)C(=O)C(CC)CCCC. The van der Waals surface area contributed by atoms with E-state index < -0.39 is 5.97 Å². The molecule has 1 amide bonds. The number of carbonyl (C=O) groups excluding carboxylic acids is 1. The summed E-state index contributed by atoms with van der Waals surface area (Å²) in [6.07, 6.45) is 8.45. The van der Waals surface area contributed by atoms with Gasteiger partial charge >= 0.3 is 5.97 Å². The largest absolute Gasteiger partial charge is 0.481 e. The van der Waals surface area contributed by atoms with E-state index >= 15 is 0 Å². The second-order valence-corrected chi connectivity index (χ2v) is 6.59. The average Bonchev–Trinajstić information content (AvgIpc) is 2.54. The smallest absolute Gasteiger partial charge is 0.305 e. The van der Waals surface area contributed by atoms with Crippen molar-refractivity contribution in [2.24, 2.45) is 11.8 Å². The van der Waals surface area contributed by atoms with Gasteiger partial charge < -0.3 is 10.0 Å². The number of rotatable bonds is 14. The lowest BCUT2D eigenvalue weighted by Gasteiger charge is -2.30. The maximum Gasteiger partial charge on any atom is 0.305 e. The van der Waals surface area contributed by atoms with Crippen LogP contribution in [0.25, 0.3) is 0 Å². The second kappa shape index (κ2) is 13.4. The number of nitrogens with zero attached hydrogens (tertiary/aromatic N) is 1. The van der Waals surface area contributed by atoms with Crippen LogP contribution >= 0.6 is 0 Å². The molecule has 0 aromatic heterocycles. The zero-order valence-corrected chi connectivity index (χ0v) is 15.6. The molecule has 0 spiro atoms. The zero-order chi connectivity index (χ0) is 17.7. The molecule has 1 N–H and O–H groups in total. The summed E-state index contributed by atoms with van der Waals surface area (Å²) in [6.45, 7) is 9.59. The van der Waals surface area contributed by atoms with Gasteiger partial charge in [-0.1, -0.05) is 59.8 Å². The summed E-state index contributed by atoms with van der Waals surface area (Å²) < 4.78 is 0. The Morgan fingerprint density at radius 3 is 2.04 bits per heavy atom. The molecule has 0 aliphatic rings. The lowest BCUT2D eigenvalue weighted by atomic mass is 9.95. The van der Waals surface area contributed by atoms with Crippen LogP contribution in [0, 0.1) is 11.8 Å². The molecule has 4 nitrogen and oxygen atoms in total. The Hall–Kier alpha value is -1.06. The lowest BCUT2D eigenvalue weighted by molar-refractivity contribution is -0.140. The summed E-state index contributed by atoms with van der Waals surface area (Å²) in [6, 6.07) is 0. The van der Waals surface area contributed by atoms with Crippen LogP contribution in [-0.2, 0) is 9.59 Å². The number of hydrogen-bond donors (Lipinski definition) is 1. The summed E-state index contributed by atoms with van der Waals surface area (Å²) in [7, 11) is 0. The molecule has 0 radical (unpaired) electrons. The van der Waals surface area contributed by atoms with Crippen LogP contribution in [0.1, 0.15) is 85.5 Å². The molecule has 0 aliphatic heterocycles. The van der Waals surface area contributed by atoms with Crippen molar-refractivity contribution in [3.8, 4) is 0 Å². The van der Waals surface area contributed by atoms with E-state index in [-0.39, 0.29) is 18.2 Å². The third-order valence-corrected chi connectivity index (χ3v) is 4.68. The van der Waals surface area contributed by atoms with Crippen molar-refractivity contribution in [2.45, 2.75) is 85.5 Å². The Kier molecular flexibility index (Phi) is 12.8. The van der Waals surface area contributed by atoms with Crippen molar-refractivity contribution in [1.29, 1.82) is 0 Å². The molecule has 0 aromatic rings. The molecule has 2 unspecified atom stereocenters. The maximum atomic E-state index is 12.9. The van der Waals surface area contributed by atoms with Gasteiger partial charge in [0.2, 0.25) is 5.91 Å². The van der Waals surface area contributed by atoms with E-state index in [1.807, 2.05) is 4.90 Å². The first kappa shape index (κ1) is 21.9. The maximum absolute atomic E-state index is 12.9. The standard InChI is InChI=1S/C19H37NO3/c1-5-9-11-16(7-3)15-20(14-13-18(21)22)19(23)17(8-4)12-10-6-2/h16-17H,5-15H2,1-4H3,(H,21,22). The fraction of sp³-hybridized carbons (Fsp3) is 0.895. The summed E-state index contributed by atoms with van der Waals surface area (Å²) in [5, 5.41) is 8.98. The van der Waals surface area contributed by atoms with Crippen molar-refractivity contribution in [3.63, 3.8) is 0 Å². The predicted octanol–water partition coefficient (Wildman–Crippen LogP) is 4.72. The Bertz CT molecular complexity index is 331. The molecule has 0 fully saturated rings. The molecule has 0 saturated carbocycles. The molecule has 0 heterocycles. The van der Waals surface area contributed by atoms with Crippen LogP contribution < -0.4 is 0 Å². The monoisotopic (exact) mass is 327 g/mol. The van der Waals surface area contributed by atoms with Crippen LogP contribution in [0.5, 0.6) is 0 Å². The fourth-order valence-electron chi connectivity index (χ4n) is 2.96. The van der Waals surface area contributed by atoms with Crippen molar-refractivity contribution >= 4 is 11.9 Å². The Morgan fingerprint density at radius 2 is 1.57 bits per heavy atom. The number of unbranched alkanes of at least 4 members (excludes halogenated alkanes) is 2. The summed E-state index contributed by atoms with van der Waals surface area (Å²) in [4.78, 5) is 25.6. The highest BCUT2D eigenvalue weighted by Crippen LogP contribution is 2.20. The molecule has 0 aliphatic carbocycles. The number of carboxylic acids is 1. The van der Waals surface area contributed by atoms with Crippen molar-refractivity contribution in [2.75, 3.05) is 13.1 Å². The van der Waals surface area contributed by atoms with Crippen LogP contribution in [0.3, 0.4) is 0 Å². The van der Waals surface area contributed by atoms with Gasteiger partial charge in [-0.05, 0) is 25.2 Å². The molecule has 4 heteroatoms. The van der Waals surface area contributed by atoms with Crippen LogP contribution in [-0.4, -0.2) is 35.0 Å². The van der Waals surface area contributed by atoms with Gasteiger partial charge in [0.05, 0.1) is 6.42 Å². The highest BCUT2D eigenvalue weighted by Gasteiger charge is 2.24. The minimum atomic E-state index is -0.828. The summed E-state index contributed by atoms with van der Waals surface area (Å²) >= 11 is 0. The molecule has 2 atom stereocenters. The summed E-state index contributed by atoms with van der Waals surface area (Å²) in [5.74, 6) is -0.132. The highest BCUT2D eigenvalue weighted by molar-refractivity contribution is 5.79. The second-order valence-electron chi connectivity index (χ2n) is 6.59. The van der Waals surface area contributed by atoms with Gasteiger partial charge in [-0.2, -0.15) is 0 Å². The van der Waals surface area contributed by atoms with Gasteiger partial charge in [-0.15, -0.1) is 0 Å². The molecule has 0 saturated heterocycles. The quantitative estimate of drug-likeness (QED) is 0.502. The van der Waals surface area contributed by atoms with Crippen molar-refractivity contribution in [3.05, 3.63) is 0 Å². The van der Waals surface area contributed by atoms with Gasteiger partial charge in [-0.25, -0.2) is 0 Å². The third kappa shape index (κ3) is 9.62. The number of carbonyl (C=O) groups is 2. The Morgan fingerprint density at radius 1 is 0.957 bits per heavy atom. The normalized spacial score (nSPS) is 13.6. The molecule has 0 aromatic carbocycles. The van der Waals surface area contributed by atoms with E-state index in [9.17, 15) is 9.59 Å². The van der Waals surface area contributed by atoms with Crippen molar-refractivity contribution in [1.82, 2.24) is 4.90 Å². The van der Waals surface area contributed by atoms with Crippen LogP contribution in [0.2, 0.25) is 0 Å². The number of amides is 1. The Balaban J connectivity index is 4.86. The average molecular weight is 328 g/mol. The number of aliphatic carboxylic acids is 1. The number of hydrogen-bond acceptors (Lipinski definition) is 2. The van der Waals surface area contributed by atoms with Crippen molar-refractivity contribution < 1.29 is 14.7 Å². The van der Waals surface area contributed by atoms with Gasteiger partial charge in [0, 0.05) is 19.0 Å². The topological polar surface area (TPSA) is 57.6 Å². The summed E-state index contributed by atoms with van der Waals surface area (Å²) in [5.41, 5.74) is 0. The highest BCUT2D eigenvalue weighted by atomic mass is 16.4. The van der Waals surface area contributed by atoms with E-state index in [4.69, 9.17) is 5.11 Å². The third-order valence-electron chi connectivity index (χ3n) is 4.68. The van der Waals surface area contributed by atoms with Gasteiger partial charge in [0.1, 0.15) is 0 Å². The van der Waals surface area contributed by atoms with Gasteiger partial charge in [-0.3, -0.25) is 9.59 Å². The van der Waals surface area contributed by atoms with E-state index in [0.717, 1.165) is 44.9 Å². The zero-order valence-electron chi connectivity index (χ0n) is 15.6. The van der Waals surface area contributed by atoms with E-state index in [0.29, 0.717) is 19.0 Å². The van der Waals surface area contributed by atoms with Gasteiger partial charge in [0.25, 0.3) is 0 Å².